The number of oxazole rings is 1. The SMILES string of the molecule is Cc1nc(-c2ccc(C(F)(F)F)c(F)c2)sc1CSc1cc(C)c2nc(CCC(=O)O)oc2c1. The van der Waals surface area contributed by atoms with Gasteiger partial charge in [0.25, 0.3) is 0 Å². The van der Waals surface area contributed by atoms with Crippen LogP contribution in [0.3, 0.4) is 0 Å². The van der Waals surface area contributed by atoms with Crippen LogP contribution in [-0.2, 0) is 23.1 Å². The van der Waals surface area contributed by atoms with Crippen LogP contribution >= 0.6 is 23.1 Å². The van der Waals surface area contributed by atoms with Crippen LogP contribution < -0.4 is 0 Å². The molecule has 178 valence electrons. The molecule has 4 aromatic rings. The number of fused-ring (bicyclic) bond motifs is 1. The lowest BCUT2D eigenvalue weighted by Gasteiger charge is -2.08. The fourth-order valence-electron chi connectivity index (χ4n) is 3.33. The molecule has 0 saturated heterocycles. The number of thioether (sulfide) groups is 1. The van der Waals surface area contributed by atoms with Crippen LogP contribution in [0.1, 0.15) is 34.0 Å². The first kappa shape index (κ1) is 24.2. The maximum Gasteiger partial charge on any atom is 0.419 e. The molecule has 11 heteroatoms. The second-order valence-electron chi connectivity index (χ2n) is 7.60. The van der Waals surface area contributed by atoms with Gasteiger partial charge in [-0.2, -0.15) is 13.2 Å². The van der Waals surface area contributed by atoms with Crippen LogP contribution in [-0.4, -0.2) is 21.0 Å². The highest BCUT2D eigenvalue weighted by atomic mass is 32.2. The Labute approximate surface area is 199 Å². The number of hydrogen-bond donors (Lipinski definition) is 1. The molecule has 0 spiro atoms. The summed E-state index contributed by atoms with van der Waals surface area (Å²) in [4.78, 5) is 21.4. The molecule has 0 aliphatic carbocycles. The first-order valence-electron chi connectivity index (χ1n) is 10.1. The Morgan fingerprint density at radius 3 is 2.62 bits per heavy atom. The molecule has 34 heavy (non-hydrogen) atoms. The van der Waals surface area contributed by atoms with Gasteiger partial charge in [-0.05, 0) is 43.7 Å². The number of carbonyl (C=O) groups is 1. The summed E-state index contributed by atoms with van der Waals surface area (Å²) >= 11 is 2.83. The first-order valence-corrected chi connectivity index (χ1v) is 11.9. The summed E-state index contributed by atoms with van der Waals surface area (Å²) < 4.78 is 58.1. The molecule has 5 nitrogen and oxygen atoms in total. The Bertz CT molecular complexity index is 1380. The van der Waals surface area contributed by atoms with Crippen molar-refractivity contribution in [3.8, 4) is 10.6 Å². The average molecular weight is 511 g/mol. The Kier molecular flexibility index (Phi) is 6.68. The number of nitrogens with zero attached hydrogens (tertiary/aromatic N) is 2. The van der Waals surface area contributed by atoms with Gasteiger partial charge < -0.3 is 9.52 Å². The number of alkyl halides is 3. The Balaban J connectivity index is 1.51. The van der Waals surface area contributed by atoms with Crippen molar-refractivity contribution in [1.29, 1.82) is 0 Å². The van der Waals surface area contributed by atoms with Gasteiger partial charge in [0.05, 0.1) is 17.7 Å². The van der Waals surface area contributed by atoms with E-state index in [4.69, 9.17) is 9.52 Å². The van der Waals surface area contributed by atoms with Crippen molar-refractivity contribution in [3.05, 3.63) is 63.7 Å². The molecule has 0 saturated carbocycles. The van der Waals surface area contributed by atoms with E-state index in [1.807, 2.05) is 19.1 Å². The molecule has 0 aliphatic rings. The molecular formula is C23H18F4N2O3S2. The van der Waals surface area contributed by atoms with E-state index in [0.717, 1.165) is 33.2 Å². The number of benzene rings is 2. The van der Waals surface area contributed by atoms with Gasteiger partial charge in [-0.1, -0.05) is 6.07 Å². The zero-order chi connectivity index (χ0) is 24.6. The topological polar surface area (TPSA) is 76.2 Å². The van der Waals surface area contributed by atoms with E-state index in [9.17, 15) is 22.4 Å². The summed E-state index contributed by atoms with van der Waals surface area (Å²) in [6.07, 6.45) is -4.61. The number of carboxylic acids is 1. The lowest BCUT2D eigenvalue weighted by Crippen LogP contribution is -2.07. The fourth-order valence-corrected chi connectivity index (χ4v) is 5.55. The van der Waals surface area contributed by atoms with Gasteiger partial charge in [0.2, 0.25) is 0 Å². The van der Waals surface area contributed by atoms with Gasteiger partial charge in [-0.25, -0.2) is 14.4 Å². The van der Waals surface area contributed by atoms with Crippen molar-refractivity contribution in [2.75, 3.05) is 0 Å². The van der Waals surface area contributed by atoms with E-state index in [1.54, 1.807) is 6.92 Å². The molecular weight excluding hydrogens is 492 g/mol. The molecule has 0 aliphatic heterocycles. The third kappa shape index (κ3) is 5.25. The van der Waals surface area contributed by atoms with Crippen molar-refractivity contribution in [2.45, 2.75) is 43.5 Å². The number of aliphatic carboxylic acids is 1. The molecule has 2 heterocycles. The molecule has 0 unspecified atom stereocenters. The van der Waals surface area contributed by atoms with E-state index in [0.29, 0.717) is 33.3 Å². The third-order valence-electron chi connectivity index (χ3n) is 5.04. The smallest absolute Gasteiger partial charge is 0.419 e. The van der Waals surface area contributed by atoms with Crippen molar-refractivity contribution in [2.24, 2.45) is 0 Å². The number of rotatable bonds is 7. The number of carboxylic acid groups (broad SMARTS) is 1. The predicted molar refractivity (Wildman–Crippen MR) is 122 cm³/mol. The minimum Gasteiger partial charge on any atom is -0.481 e. The summed E-state index contributed by atoms with van der Waals surface area (Å²) in [5.74, 6) is -1.33. The zero-order valence-corrected chi connectivity index (χ0v) is 19.6. The second kappa shape index (κ2) is 9.38. The van der Waals surface area contributed by atoms with Gasteiger partial charge in [-0.3, -0.25) is 4.79 Å². The van der Waals surface area contributed by atoms with Crippen LogP contribution in [0, 0.1) is 19.7 Å². The number of thiazole rings is 1. The number of halogens is 4. The molecule has 1 N–H and O–H groups in total. The quantitative estimate of drug-likeness (QED) is 0.212. The second-order valence-corrected chi connectivity index (χ2v) is 9.73. The first-order chi connectivity index (χ1) is 16.0. The molecule has 0 atom stereocenters. The summed E-state index contributed by atoms with van der Waals surface area (Å²) in [6.45, 7) is 3.70. The van der Waals surface area contributed by atoms with E-state index >= 15 is 0 Å². The zero-order valence-electron chi connectivity index (χ0n) is 18.0. The van der Waals surface area contributed by atoms with Gasteiger partial charge in [0.1, 0.15) is 16.3 Å². The molecule has 0 fully saturated rings. The Morgan fingerprint density at radius 2 is 1.94 bits per heavy atom. The van der Waals surface area contributed by atoms with Crippen molar-refractivity contribution in [1.82, 2.24) is 9.97 Å². The number of aryl methyl sites for hydroxylation is 3. The standard InChI is InChI=1S/C23H18F4N2O3S2/c1-11-7-14(9-17-21(11)29-19(32-17)5-6-20(30)31)33-10-18-12(2)28-22(34-18)13-3-4-15(16(24)8-13)23(25,26)27/h3-4,7-9H,5-6,10H2,1-2H3,(H,30,31). The van der Waals surface area contributed by atoms with E-state index < -0.39 is 23.5 Å². The largest absolute Gasteiger partial charge is 0.481 e. The third-order valence-corrected chi connectivity index (χ3v) is 7.43. The molecule has 0 bridgehead atoms. The van der Waals surface area contributed by atoms with Crippen LogP contribution in [0.15, 0.2) is 39.6 Å². The summed E-state index contributed by atoms with van der Waals surface area (Å²) in [5.41, 5.74) is 1.87. The van der Waals surface area contributed by atoms with Gasteiger partial charge in [0.15, 0.2) is 11.5 Å². The lowest BCUT2D eigenvalue weighted by atomic mass is 10.1. The van der Waals surface area contributed by atoms with E-state index in [2.05, 4.69) is 9.97 Å². The highest BCUT2D eigenvalue weighted by Crippen LogP contribution is 2.37. The van der Waals surface area contributed by atoms with Gasteiger partial charge in [-0.15, -0.1) is 23.1 Å². The van der Waals surface area contributed by atoms with Crippen LogP contribution in [0.5, 0.6) is 0 Å². The van der Waals surface area contributed by atoms with E-state index in [1.165, 1.54) is 29.2 Å². The lowest BCUT2D eigenvalue weighted by molar-refractivity contribution is -0.140. The molecule has 4 rings (SSSR count). The minimum absolute atomic E-state index is 0.0662. The summed E-state index contributed by atoms with van der Waals surface area (Å²) in [7, 11) is 0. The summed E-state index contributed by atoms with van der Waals surface area (Å²) in [6, 6.07) is 6.62. The highest BCUT2D eigenvalue weighted by Gasteiger charge is 2.34. The van der Waals surface area contributed by atoms with Crippen molar-refractivity contribution < 1.29 is 31.9 Å². The summed E-state index contributed by atoms with van der Waals surface area (Å²) in [5, 5.41) is 9.29. The Hall–Kier alpha value is -2.92. The van der Waals surface area contributed by atoms with Crippen LogP contribution in [0.2, 0.25) is 0 Å². The van der Waals surface area contributed by atoms with E-state index in [-0.39, 0.29) is 12.8 Å². The molecule has 2 aromatic carbocycles. The van der Waals surface area contributed by atoms with Crippen LogP contribution in [0.25, 0.3) is 21.7 Å². The molecule has 0 radical (unpaired) electrons. The van der Waals surface area contributed by atoms with Gasteiger partial charge >= 0.3 is 12.1 Å². The molecule has 0 amide bonds. The number of aromatic nitrogens is 2. The average Bonchev–Trinajstić information content (AvgIpc) is 3.33. The normalized spacial score (nSPS) is 11.9. The maximum absolute atomic E-state index is 14.0. The van der Waals surface area contributed by atoms with Crippen molar-refractivity contribution >= 4 is 40.2 Å². The fraction of sp³-hybridized carbons (Fsp3) is 0.261. The molecule has 2 aromatic heterocycles. The predicted octanol–water partition coefficient (Wildman–Crippen LogP) is 7.04. The van der Waals surface area contributed by atoms with Crippen LogP contribution in [0.4, 0.5) is 17.6 Å². The van der Waals surface area contributed by atoms with Gasteiger partial charge in [0, 0.05) is 27.5 Å². The maximum atomic E-state index is 14.0. The Morgan fingerprint density at radius 1 is 1.18 bits per heavy atom. The van der Waals surface area contributed by atoms with Crippen molar-refractivity contribution in [3.63, 3.8) is 0 Å². The minimum atomic E-state index is -4.75. The highest BCUT2D eigenvalue weighted by molar-refractivity contribution is 7.98. The monoisotopic (exact) mass is 510 g/mol. The number of hydrogen-bond acceptors (Lipinski definition) is 6.